The van der Waals surface area contributed by atoms with E-state index in [-0.39, 0.29) is 6.42 Å². The first kappa shape index (κ1) is 13.4. The normalized spacial score (nSPS) is 12.3. The largest absolute Gasteiger partial charge is 0.481 e. The Kier molecular flexibility index (Phi) is 5.69. The SMILES string of the molecule is O=C(O)CCCCS(=O)c1cccc(Br)c1. The highest BCUT2D eigenvalue weighted by Crippen LogP contribution is 2.15. The van der Waals surface area contributed by atoms with E-state index in [0.717, 1.165) is 9.37 Å². The van der Waals surface area contributed by atoms with Crippen LogP contribution in [0.15, 0.2) is 33.6 Å². The molecule has 0 bridgehead atoms. The molecule has 0 fully saturated rings. The smallest absolute Gasteiger partial charge is 0.303 e. The summed E-state index contributed by atoms with van der Waals surface area (Å²) >= 11 is 3.32. The lowest BCUT2D eigenvalue weighted by molar-refractivity contribution is -0.137. The van der Waals surface area contributed by atoms with Gasteiger partial charge in [0.25, 0.3) is 0 Å². The number of aliphatic carboxylic acids is 1. The fourth-order valence-corrected chi connectivity index (χ4v) is 2.98. The molecule has 0 aliphatic rings. The Hall–Kier alpha value is -0.680. The first-order valence-electron chi connectivity index (χ1n) is 4.95. The second kappa shape index (κ2) is 6.81. The van der Waals surface area contributed by atoms with Crippen molar-refractivity contribution in [2.75, 3.05) is 5.75 Å². The van der Waals surface area contributed by atoms with Crippen molar-refractivity contribution < 1.29 is 14.1 Å². The fourth-order valence-electron chi connectivity index (χ4n) is 1.24. The Balaban J connectivity index is 2.38. The molecule has 1 atom stereocenters. The number of carboxylic acids is 1. The molecule has 0 saturated heterocycles. The van der Waals surface area contributed by atoms with Crippen molar-refractivity contribution in [3.8, 4) is 0 Å². The molecule has 0 heterocycles. The molecule has 0 aromatic heterocycles. The van der Waals surface area contributed by atoms with Crippen LogP contribution in [0.3, 0.4) is 0 Å². The average molecular weight is 305 g/mol. The summed E-state index contributed by atoms with van der Waals surface area (Å²) in [6.45, 7) is 0. The van der Waals surface area contributed by atoms with E-state index < -0.39 is 16.8 Å². The maximum absolute atomic E-state index is 11.8. The lowest BCUT2D eigenvalue weighted by Gasteiger charge is -2.02. The molecule has 16 heavy (non-hydrogen) atoms. The van der Waals surface area contributed by atoms with E-state index >= 15 is 0 Å². The average Bonchev–Trinajstić information content (AvgIpc) is 2.24. The number of hydrogen-bond donors (Lipinski definition) is 1. The minimum absolute atomic E-state index is 0.148. The summed E-state index contributed by atoms with van der Waals surface area (Å²) in [5.41, 5.74) is 0. The number of hydrogen-bond acceptors (Lipinski definition) is 2. The van der Waals surface area contributed by atoms with Crippen molar-refractivity contribution in [3.63, 3.8) is 0 Å². The van der Waals surface area contributed by atoms with Gasteiger partial charge in [-0.2, -0.15) is 0 Å². The van der Waals surface area contributed by atoms with Gasteiger partial charge in [0.15, 0.2) is 0 Å². The third-order valence-electron chi connectivity index (χ3n) is 2.03. The number of carboxylic acid groups (broad SMARTS) is 1. The van der Waals surface area contributed by atoms with Gasteiger partial charge in [0, 0.05) is 21.5 Å². The van der Waals surface area contributed by atoms with Gasteiger partial charge in [0.2, 0.25) is 0 Å². The van der Waals surface area contributed by atoms with E-state index in [9.17, 15) is 9.00 Å². The van der Waals surface area contributed by atoms with Crippen molar-refractivity contribution in [2.24, 2.45) is 0 Å². The summed E-state index contributed by atoms with van der Waals surface area (Å²) in [6.07, 6.45) is 1.40. The predicted molar refractivity (Wildman–Crippen MR) is 66.9 cm³/mol. The van der Waals surface area contributed by atoms with E-state index in [1.165, 1.54) is 0 Å². The molecule has 0 radical (unpaired) electrons. The van der Waals surface area contributed by atoms with E-state index in [1.54, 1.807) is 0 Å². The Morgan fingerprint density at radius 2 is 2.12 bits per heavy atom. The number of benzene rings is 1. The molecular weight excluding hydrogens is 292 g/mol. The van der Waals surface area contributed by atoms with Gasteiger partial charge in [-0.25, -0.2) is 0 Å². The molecule has 1 aromatic rings. The Morgan fingerprint density at radius 1 is 1.38 bits per heavy atom. The van der Waals surface area contributed by atoms with Gasteiger partial charge in [-0.15, -0.1) is 0 Å². The summed E-state index contributed by atoms with van der Waals surface area (Å²) < 4.78 is 12.7. The van der Waals surface area contributed by atoms with Gasteiger partial charge in [-0.1, -0.05) is 22.0 Å². The van der Waals surface area contributed by atoms with Crippen LogP contribution in [0.2, 0.25) is 0 Å². The fraction of sp³-hybridized carbons (Fsp3) is 0.364. The summed E-state index contributed by atoms with van der Waals surface area (Å²) in [7, 11) is -1.03. The van der Waals surface area contributed by atoms with Crippen LogP contribution < -0.4 is 0 Å². The minimum Gasteiger partial charge on any atom is -0.481 e. The standard InChI is InChI=1S/C11H13BrO3S/c12-9-4-3-5-10(8-9)16(15)7-2-1-6-11(13)14/h3-5,8H,1-2,6-7H2,(H,13,14). The Morgan fingerprint density at radius 3 is 2.75 bits per heavy atom. The molecule has 1 unspecified atom stereocenters. The van der Waals surface area contributed by atoms with Crippen LogP contribution >= 0.6 is 15.9 Å². The molecule has 5 heteroatoms. The van der Waals surface area contributed by atoms with Crippen molar-refractivity contribution in [2.45, 2.75) is 24.2 Å². The number of halogens is 1. The molecule has 3 nitrogen and oxygen atoms in total. The summed E-state index contributed by atoms with van der Waals surface area (Å²) in [5.74, 6) is -0.280. The second-order valence-corrected chi connectivity index (χ2v) is 5.84. The quantitative estimate of drug-likeness (QED) is 0.822. The molecule has 0 spiro atoms. The summed E-state index contributed by atoms with van der Waals surface area (Å²) in [5, 5.41) is 8.45. The highest BCUT2D eigenvalue weighted by Gasteiger charge is 2.04. The number of unbranched alkanes of at least 4 members (excludes halogenated alkanes) is 1. The van der Waals surface area contributed by atoms with E-state index in [2.05, 4.69) is 15.9 Å². The number of carbonyl (C=O) groups is 1. The zero-order chi connectivity index (χ0) is 12.0. The van der Waals surface area contributed by atoms with Crippen LogP contribution in [0.4, 0.5) is 0 Å². The minimum atomic E-state index is -1.03. The van der Waals surface area contributed by atoms with Crippen molar-refractivity contribution in [1.29, 1.82) is 0 Å². The van der Waals surface area contributed by atoms with Crippen LogP contribution in [0.5, 0.6) is 0 Å². The van der Waals surface area contributed by atoms with Gasteiger partial charge in [-0.3, -0.25) is 9.00 Å². The van der Waals surface area contributed by atoms with Crippen LogP contribution in [0.25, 0.3) is 0 Å². The zero-order valence-electron chi connectivity index (χ0n) is 8.69. The molecule has 1 rings (SSSR count). The van der Waals surface area contributed by atoms with Crippen molar-refractivity contribution in [1.82, 2.24) is 0 Å². The lowest BCUT2D eigenvalue weighted by Crippen LogP contribution is -2.00. The topological polar surface area (TPSA) is 54.4 Å². The summed E-state index contributed by atoms with van der Waals surface area (Å²) in [6, 6.07) is 7.37. The highest BCUT2D eigenvalue weighted by atomic mass is 79.9. The third kappa shape index (κ3) is 4.90. The molecule has 0 aliphatic carbocycles. The van der Waals surface area contributed by atoms with Gasteiger partial charge >= 0.3 is 5.97 Å². The van der Waals surface area contributed by atoms with Crippen LogP contribution in [-0.4, -0.2) is 21.0 Å². The second-order valence-electron chi connectivity index (χ2n) is 3.36. The highest BCUT2D eigenvalue weighted by molar-refractivity contribution is 9.10. The zero-order valence-corrected chi connectivity index (χ0v) is 11.1. The molecule has 1 N–H and O–H groups in total. The van der Waals surface area contributed by atoms with E-state index in [0.29, 0.717) is 18.6 Å². The Bertz CT molecular complexity index is 393. The maximum Gasteiger partial charge on any atom is 0.303 e. The van der Waals surface area contributed by atoms with E-state index in [1.807, 2.05) is 24.3 Å². The maximum atomic E-state index is 11.8. The lowest BCUT2D eigenvalue weighted by atomic mass is 10.2. The number of rotatable bonds is 6. The first-order valence-corrected chi connectivity index (χ1v) is 7.06. The van der Waals surface area contributed by atoms with Crippen LogP contribution in [0.1, 0.15) is 19.3 Å². The molecular formula is C11H13BrO3S. The van der Waals surface area contributed by atoms with Gasteiger partial charge in [-0.05, 0) is 31.0 Å². The van der Waals surface area contributed by atoms with Gasteiger partial charge in [0.1, 0.15) is 0 Å². The summed E-state index contributed by atoms with van der Waals surface area (Å²) in [4.78, 5) is 11.1. The molecule has 1 aromatic carbocycles. The predicted octanol–water partition coefficient (Wildman–Crippen LogP) is 2.81. The molecule has 88 valence electrons. The van der Waals surface area contributed by atoms with Crippen molar-refractivity contribution >= 4 is 32.7 Å². The van der Waals surface area contributed by atoms with E-state index in [4.69, 9.17) is 5.11 Å². The van der Waals surface area contributed by atoms with Crippen LogP contribution in [-0.2, 0) is 15.6 Å². The molecule has 0 aliphatic heterocycles. The molecule has 0 saturated carbocycles. The Labute approximate surface area is 105 Å². The van der Waals surface area contributed by atoms with Crippen molar-refractivity contribution in [3.05, 3.63) is 28.7 Å². The monoisotopic (exact) mass is 304 g/mol. The van der Waals surface area contributed by atoms with Crippen LogP contribution in [0, 0.1) is 0 Å². The third-order valence-corrected chi connectivity index (χ3v) is 3.96. The van der Waals surface area contributed by atoms with Gasteiger partial charge in [0.05, 0.1) is 10.8 Å². The first-order chi connectivity index (χ1) is 7.59. The van der Waals surface area contributed by atoms with Gasteiger partial charge < -0.3 is 5.11 Å². The molecule has 0 amide bonds.